The van der Waals surface area contributed by atoms with E-state index >= 15 is 0 Å². The Morgan fingerprint density at radius 3 is 1.90 bits per heavy atom. The summed E-state index contributed by atoms with van der Waals surface area (Å²) in [4.78, 5) is 0. The fraction of sp³-hybridized carbons (Fsp3) is 0.500. The van der Waals surface area contributed by atoms with Crippen LogP contribution in [0, 0.1) is 0 Å². The topological polar surface area (TPSA) is 206 Å². The first kappa shape index (κ1) is 33.2. The number of benzene rings is 2. The highest BCUT2D eigenvalue weighted by Gasteiger charge is 2.44. The summed E-state index contributed by atoms with van der Waals surface area (Å²) in [6.07, 6.45) is -7.35. The molecule has 1 aliphatic heterocycles. The van der Waals surface area contributed by atoms with Gasteiger partial charge >= 0.3 is 0 Å². The average Bonchev–Trinajstić information content (AvgIpc) is 3.01. The van der Waals surface area contributed by atoms with E-state index in [4.69, 9.17) is 38.3 Å². The van der Waals surface area contributed by atoms with Crippen LogP contribution in [0.5, 0.6) is 34.5 Å². The second-order valence-corrected chi connectivity index (χ2v) is 9.25. The van der Waals surface area contributed by atoms with E-state index in [-0.39, 0.29) is 46.7 Å². The maximum absolute atomic E-state index is 11.5. The summed E-state index contributed by atoms with van der Waals surface area (Å²) in [5, 5.41) is 71.2. The molecule has 1 saturated heterocycles. The van der Waals surface area contributed by atoms with Crippen molar-refractivity contribution in [3.05, 3.63) is 41.5 Å². The van der Waals surface area contributed by atoms with Gasteiger partial charge in [0.1, 0.15) is 30.5 Å². The van der Waals surface area contributed by atoms with Crippen LogP contribution in [-0.2, 0) is 9.47 Å². The van der Waals surface area contributed by atoms with Gasteiger partial charge in [-0.25, -0.2) is 0 Å². The number of aliphatic hydroxyl groups is 6. The smallest absolute Gasteiger partial charge is 0.204 e. The van der Waals surface area contributed by atoms with Crippen LogP contribution in [0.15, 0.2) is 30.3 Å². The van der Waals surface area contributed by atoms with Gasteiger partial charge in [-0.2, -0.15) is 0 Å². The maximum atomic E-state index is 11.5. The van der Waals surface area contributed by atoms with E-state index in [1.54, 1.807) is 18.2 Å². The van der Waals surface area contributed by atoms with E-state index in [2.05, 4.69) is 0 Å². The zero-order chi connectivity index (χ0) is 31.0. The van der Waals surface area contributed by atoms with Gasteiger partial charge in [-0.1, -0.05) is 12.2 Å². The molecule has 1 aliphatic rings. The maximum Gasteiger partial charge on any atom is 0.204 e. The lowest BCUT2D eigenvalue weighted by atomic mass is 9.99. The molecule has 42 heavy (non-hydrogen) atoms. The fourth-order valence-electron chi connectivity index (χ4n) is 4.34. The van der Waals surface area contributed by atoms with Crippen LogP contribution in [0.3, 0.4) is 0 Å². The molecule has 1 heterocycles. The van der Waals surface area contributed by atoms with E-state index in [1.165, 1.54) is 46.6 Å². The number of aliphatic hydroxyl groups excluding tert-OH is 6. The van der Waals surface area contributed by atoms with Crippen molar-refractivity contribution in [1.29, 1.82) is 0 Å². The lowest BCUT2D eigenvalue weighted by Crippen LogP contribution is -2.59. The first-order valence-electron chi connectivity index (χ1n) is 12.9. The number of phenols is 1. The van der Waals surface area contributed by atoms with Gasteiger partial charge in [-0.05, 0) is 35.4 Å². The van der Waals surface area contributed by atoms with E-state index in [0.29, 0.717) is 5.56 Å². The first-order chi connectivity index (χ1) is 20.1. The van der Waals surface area contributed by atoms with Gasteiger partial charge in [0.15, 0.2) is 35.4 Å². The molecule has 7 N–H and O–H groups in total. The van der Waals surface area contributed by atoms with Crippen molar-refractivity contribution >= 4 is 6.08 Å². The molecule has 234 valence electrons. The van der Waals surface area contributed by atoms with E-state index in [9.17, 15) is 30.6 Å². The Bertz CT molecular complexity index is 1140. The second kappa shape index (κ2) is 15.2. The minimum atomic E-state index is -1.70. The van der Waals surface area contributed by atoms with Gasteiger partial charge in [0.05, 0.1) is 48.3 Å². The Kier molecular flexibility index (Phi) is 12.0. The van der Waals surface area contributed by atoms with Crippen LogP contribution in [0.25, 0.3) is 6.08 Å². The summed E-state index contributed by atoms with van der Waals surface area (Å²) in [5.74, 6) is 0.205. The lowest BCUT2D eigenvalue weighted by Gasteiger charge is -2.40. The van der Waals surface area contributed by atoms with Crippen molar-refractivity contribution in [1.82, 2.24) is 0 Å². The third-order valence-electron chi connectivity index (χ3n) is 6.64. The largest absolute Gasteiger partial charge is 0.502 e. The fourth-order valence-corrected chi connectivity index (χ4v) is 4.34. The Balaban J connectivity index is 2.02. The molecule has 0 aromatic heterocycles. The zero-order valence-corrected chi connectivity index (χ0v) is 23.6. The van der Waals surface area contributed by atoms with E-state index in [1.807, 2.05) is 0 Å². The van der Waals surface area contributed by atoms with Gasteiger partial charge in [-0.15, -0.1) is 0 Å². The standard InChI is InChI=1S/C28H38O14/c1-36-16-10-15(11-17(37-2)23(16)32)22(31)21(13-40-28-26(35)25(34)24(33)20(12-30)42-28)41-27-18(38-3)8-14(6-5-7-29)9-19(27)39-4/h5-6,8-11,20-22,24-26,28-35H,7,12-13H2,1-4H3/t20-,21?,22?,24-,25+,26-,28-/m1/s1. The number of aromatic hydroxyl groups is 1. The van der Waals surface area contributed by atoms with Crippen molar-refractivity contribution < 1.29 is 68.9 Å². The van der Waals surface area contributed by atoms with Crippen molar-refractivity contribution in [3.8, 4) is 34.5 Å². The van der Waals surface area contributed by atoms with Crippen LogP contribution in [-0.4, -0.2) is 121 Å². The highest BCUT2D eigenvalue weighted by Crippen LogP contribution is 2.43. The van der Waals surface area contributed by atoms with Gasteiger partial charge in [0.2, 0.25) is 11.5 Å². The third kappa shape index (κ3) is 7.35. The lowest BCUT2D eigenvalue weighted by molar-refractivity contribution is -0.305. The molecule has 14 nitrogen and oxygen atoms in total. The average molecular weight is 599 g/mol. The number of rotatable bonds is 14. The molecule has 2 aromatic rings. The summed E-state index contributed by atoms with van der Waals surface area (Å²) in [6, 6.07) is 5.95. The molecule has 0 saturated carbocycles. The molecule has 2 aromatic carbocycles. The Morgan fingerprint density at radius 1 is 0.833 bits per heavy atom. The van der Waals surface area contributed by atoms with Gasteiger partial charge in [0.25, 0.3) is 0 Å². The minimum absolute atomic E-state index is 0.00665. The van der Waals surface area contributed by atoms with Gasteiger partial charge in [0, 0.05) is 0 Å². The van der Waals surface area contributed by atoms with Crippen LogP contribution >= 0.6 is 0 Å². The SMILES string of the molecule is COc1cc(C(O)C(CO[C@@H]2O[C@H](CO)[C@@H](O)[C@H](O)[C@H]2O)Oc2c(OC)cc(C=CCO)cc2OC)cc(OC)c1O. The zero-order valence-electron chi connectivity index (χ0n) is 23.6. The van der Waals surface area contributed by atoms with Crippen molar-refractivity contribution in [2.24, 2.45) is 0 Å². The monoisotopic (exact) mass is 598 g/mol. The molecule has 3 rings (SSSR count). The summed E-state index contributed by atoms with van der Waals surface area (Å²) in [5.41, 5.74) is 0.803. The molecule has 0 bridgehead atoms. The van der Waals surface area contributed by atoms with Gasteiger partial charge in [-0.3, -0.25) is 0 Å². The van der Waals surface area contributed by atoms with Crippen LogP contribution in [0.2, 0.25) is 0 Å². The first-order valence-corrected chi connectivity index (χ1v) is 12.9. The van der Waals surface area contributed by atoms with E-state index < -0.39 is 56.1 Å². The molecule has 2 unspecified atom stereocenters. The molecular formula is C28H38O14. The summed E-state index contributed by atoms with van der Waals surface area (Å²) in [6.45, 7) is -1.33. The number of methoxy groups -OCH3 is 4. The predicted octanol–water partition coefficient (Wildman–Crippen LogP) is -0.270. The summed E-state index contributed by atoms with van der Waals surface area (Å²) in [7, 11) is 5.44. The number of hydrogen-bond donors (Lipinski definition) is 7. The van der Waals surface area contributed by atoms with Crippen molar-refractivity contribution in [3.63, 3.8) is 0 Å². The molecule has 7 atom stereocenters. The molecular weight excluding hydrogens is 560 g/mol. The highest BCUT2D eigenvalue weighted by molar-refractivity contribution is 5.62. The summed E-state index contributed by atoms with van der Waals surface area (Å²) < 4.78 is 38.7. The minimum Gasteiger partial charge on any atom is -0.502 e. The van der Waals surface area contributed by atoms with Crippen LogP contribution in [0.1, 0.15) is 17.2 Å². The molecule has 1 fully saturated rings. The highest BCUT2D eigenvalue weighted by atomic mass is 16.7. The number of phenolic OH excluding ortho intramolecular Hbond substituents is 1. The molecule has 0 amide bonds. The van der Waals surface area contributed by atoms with E-state index in [0.717, 1.165) is 0 Å². The van der Waals surface area contributed by atoms with Crippen molar-refractivity contribution in [2.75, 3.05) is 48.3 Å². The Morgan fingerprint density at radius 2 is 1.40 bits per heavy atom. The molecule has 0 spiro atoms. The van der Waals surface area contributed by atoms with Crippen LogP contribution in [0.4, 0.5) is 0 Å². The number of hydrogen-bond acceptors (Lipinski definition) is 14. The normalized spacial score (nSPS) is 23.8. The Labute approximate surface area is 242 Å². The molecule has 0 aliphatic carbocycles. The third-order valence-corrected chi connectivity index (χ3v) is 6.64. The summed E-state index contributed by atoms with van der Waals surface area (Å²) >= 11 is 0. The van der Waals surface area contributed by atoms with Crippen molar-refractivity contribution in [2.45, 2.75) is 42.9 Å². The van der Waals surface area contributed by atoms with Crippen LogP contribution < -0.4 is 23.7 Å². The molecule has 14 heteroatoms. The Hall–Kier alpha value is -3.34. The molecule has 0 radical (unpaired) electrons. The predicted molar refractivity (Wildman–Crippen MR) is 146 cm³/mol. The number of ether oxygens (including phenoxy) is 7. The quantitative estimate of drug-likeness (QED) is 0.150. The van der Waals surface area contributed by atoms with Gasteiger partial charge < -0.3 is 68.9 Å². The second-order valence-electron chi connectivity index (χ2n) is 9.25.